The molecule has 2 atom stereocenters. The Bertz CT molecular complexity index is 714. The van der Waals surface area contributed by atoms with Crippen LogP contribution in [-0.4, -0.2) is 52.8 Å². The van der Waals surface area contributed by atoms with Crippen molar-refractivity contribution in [3.63, 3.8) is 0 Å². The number of benzene rings is 1. The molecule has 1 heterocycles. The summed E-state index contributed by atoms with van der Waals surface area (Å²) in [7, 11) is 0. The van der Waals surface area contributed by atoms with Gasteiger partial charge in [0.15, 0.2) is 6.10 Å². The molecule has 0 unspecified atom stereocenters. The van der Waals surface area contributed by atoms with Gasteiger partial charge >= 0.3 is 5.97 Å². The third kappa shape index (κ3) is 4.78. The average molecular weight is 363 g/mol. The summed E-state index contributed by atoms with van der Waals surface area (Å²) in [6.07, 6.45) is 0.933. The van der Waals surface area contributed by atoms with E-state index in [1.165, 1.54) is 32.0 Å². The van der Waals surface area contributed by atoms with Crippen molar-refractivity contribution in [3.8, 4) is 0 Å². The molecular formula is C17H21N3O6. The number of likely N-dealkylation sites (tertiary alicyclic amines) is 1. The first kappa shape index (κ1) is 19.4. The lowest BCUT2D eigenvalue weighted by Crippen LogP contribution is -2.44. The van der Waals surface area contributed by atoms with Crippen molar-refractivity contribution in [3.05, 3.63) is 39.9 Å². The second-order valence-electron chi connectivity index (χ2n) is 6.11. The van der Waals surface area contributed by atoms with Crippen molar-refractivity contribution in [2.45, 2.75) is 38.8 Å². The molecule has 9 heteroatoms. The van der Waals surface area contributed by atoms with E-state index in [1.807, 2.05) is 0 Å². The lowest BCUT2D eigenvalue weighted by atomic mass is 10.2. The van der Waals surface area contributed by atoms with Crippen LogP contribution in [0.5, 0.6) is 0 Å². The van der Waals surface area contributed by atoms with Crippen LogP contribution in [-0.2, 0) is 14.3 Å². The fourth-order valence-electron chi connectivity index (χ4n) is 2.62. The molecular weight excluding hydrogens is 342 g/mol. The minimum atomic E-state index is -1.00. The van der Waals surface area contributed by atoms with Gasteiger partial charge in [0.2, 0.25) is 0 Å². The monoisotopic (exact) mass is 363 g/mol. The van der Waals surface area contributed by atoms with Crippen LogP contribution < -0.4 is 5.32 Å². The van der Waals surface area contributed by atoms with Gasteiger partial charge in [-0.25, -0.2) is 4.79 Å². The lowest BCUT2D eigenvalue weighted by Gasteiger charge is -2.22. The van der Waals surface area contributed by atoms with Gasteiger partial charge in [0, 0.05) is 30.8 Å². The summed E-state index contributed by atoms with van der Waals surface area (Å²) in [5, 5.41) is 13.2. The maximum Gasteiger partial charge on any atom is 0.329 e. The van der Waals surface area contributed by atoms with E-state index in [0.717, 1.165) is 18.9 Å². The highest BCUT2D eigenvalue weighted by Gasteiger charge is 2.28. The van der Waals surface area contributed by atoms with Crippen LogP contribution in [0.4, 0.5) is 5.69 Å². The highest BCUT2D eigenvalue weighted by molar-refractivity contribution is 5.97. The molecule has 1 aliphatic rings. The number of nitro groups is 1. The van der Waals surface area contributed by atoms with Gasteiger partial charge in [-0.3, -0.25) is 19.7 Å². The first-order valence-electron chi connectivity index (χ1n) is 8.34. The molecule has 1 aromatic carbocycles. The second kappa shape index (κ2) is 8.41. The molecule has 0 aliphatic carbocycles. The second-order valence-corrected chi connectivity index (χ2v) is 6.11. The number of hydrogen-bond acceptors (Lipinski definition) is 6. The van der Waals surface area contributed by atoms with Crippen molar-refractivity contribution in [1.29, 1.82) is 0 Å². The van der Waals surface area contributed by atoms with E-state index in [9.17, 15) is 24.5 Å². The standard InChI is InChI=1S/C17H21N3O6/c1-11(17(23)26-12(2)16(22)19-8-3-4-9-19)18-15(21)13-6-5-7-14(10-13)20(24)25/h5-7,10-12H,3-4,8-9H2,1-2H3,(H,18,21)/t11-,12-/m0/s1. The number of esters is 1. The summed E-state index contributed by atoms with van der Waals surface area (Å²) in [6, 6.07) is 4.16. The number of nitrogens with one attached hydrogen (secondary N) is 1. The molecule has 9 nitrogen and oxygen atoms in total. The number of nitro benzene ring substituents is 1. The van der Waals surface area contributed by atoms with E-state index in [0.29, 0.717) is 13.1 Å². The zero-order valence-corrected chi connectivity index (χ0v) is 14.6. The molecule has 1 fully saturated rings. The van der Waals surface area contributed by atoms with E-state index < -0.39 is 28.9 Å². The Balaban J connectivity index is 1.91. The van der Waals surface area contributed by atoms with Crippen LogP contribution in [0.3, 0.4) is 0 Å². The molecule has 0 bridgehead atoms. The summed E-state index contributed by atoms with van der Waals surface area (Å²) in [5.74, 6) is -1.64. The fraction of sp³-hybridized carbons (Fsp3) is 0.471. The first-order valence-corrected chi connectivity index (χ1v) is 8.34. The number of rotatable bonds is 6. The maximum absolute atomic E-state index is 12.1. The summed E-state index contributed by atoms with van der Waals surface area (Å²) >= 11 is 0. The maximum atomic E-state index is 12.1. The minimum absolute atomic E-state index is 0.0556. The van der Waals surface area contributed by atoms with Gasteiger partial charge in [0.1, 0.15) is 6.04 Å². The van der Waals surface area contributed by atoms with Gasteiger partial charge in [0.05, 0.1) is 4.92 Å². The van der Waals surface area contributed by atoms with Crippen molar-refractivity contribution in [2.75, 3.05) is 13.1 Å². The van der Waals surface area contributed by atoms with Crippen molar-refractivity contribution >= 4 is 23.5 Å². The Hall–Kier alpha value is -2.97. The lowest BCUT2D eigenvalue weighted by molar-refractivity contribution is -0.384. The third-order valence-electron chi connectivity index (χ3n) is 4.08. The fourth-order valence-corrected chi connectivity index (χ4v) is 2.62. The van der Waals surface area contributed by atoms with E-state index in [2.05, 4.69) is 5.32 Å². The van der Waals surface area contributed by atoms with Crippen LogP contribution in [0.1, 0.15) is 37.0 Å². The Kier molecular flexibility index (Phi) is 6.26. The number of non-ortho nitro benzene ring substituents is 1. The number of hydrogen-bond donors (Lipinski definition) is 1. The molecule has 0 aromatic heterocycles. The molecule has 1 saturated heterocycles. The van der Waals surface area contributed by atoms with Crippen LogP contribution in [0, 0.1) is 10.1 Å². The van der Waals surface area contributed by atoms with Crippen molar-refractivity contribution in [2.24, 2.45) is 0 Å². The summed E-state index contributed by atoms with van der Waals surface area (Å²) < 4.78 is 5.13. The third-order valence-corrected chi connectivity index (χ3v) is 4.08. The van der Waals surface area contributed by atoms with Gasteiger partial charge in [-0.15, -0.1) is 0 Å². The van der Waals surface area contributed by atoms with E-state index in [1.54, 1.807) is 4.90 Å². The Morgan fingerprint density at radius 3 is 2.50 bits per heavy atom. The summed E-state index contributed by atoms with van der Waals surface area (Å²) in [4.78, 5) is 48.2. The molecule has 0 saturated carbocycles. The molecule has 2 amide bonds. The normalized spacial score (nSPS) is 15.8. The Labute approximate surface area is 150 Å². The molecule has 0 spiro atoms. The average Bonchev–Trinajstić information content (AvgIpc) is 3.15. The summed E-state index contributed by atoms with van der Waals surface area (Å²) in [5.41, 5.74) is -0.169. The zero-order chi connectivity index (χ0) is 19.3. The van der Waals surface area contributed by atoms with Crippen LogP contribution >= 0.6 is 0 Å². The first-order chi connectivity index (χ1) is 12.3. The van der Waals surface area contributed by atoms with E-state index in [-0.39, 0.29) is 17.2 Å². The highest BCUT2D eigenvalue weighted by Crippen LogP contribution is 2.14. The predicted molar refractivity (Wildman–Crippen MR) is 91.4 cm³/mol. The molecule has 1 aromatic rings. The van der Waals surface area contributed by atoms with Crippen molar-refractivity contribution < 1.29 is 24.0 Å². The minimum Gasteiger partial charge on any atom is -0.451 e. The van der Waals surface area contributed by atoms with Crippen LogP contribution in [0.25, 0.3) is 0 Å². The van der Waals surface area contributed by atoms with Crippen LogP contribution in [0.15, 0.2) is 24.3 Å². The van der Waals surface area contributed by atoms with Gasteiger partial charge in [-0.05, 0) is 32.8 Å². The Morgan fingerprint density at radius 1 is 1.23 bits per heavy atom. The van der Waals surface area contributed by atoms with Crippen molar-refractivity contribution in [1.82, 2.24) is 10.2 Å². The molecule has 0 radical (unpaired) electrons. The Morgan fingerprint density at radius 2 is 1.88 bits per heavy atom. The number of ether oxygens (including phenoxy) is 1. The number of carbonyl (C=O) groups excluding carboxylic acids is 3. The van der Waals surface area contributed by atoms with E-state index >= 15 is 0 Å². The van der Waals surface area contributed by atoms with E-state index in [4.69, 9.17) is 4.74 Å². The quantitative estimate of drug-likeness (QED) is 0.462. The van der Waals surface area contributed by atoms with Gasteiger partial charge < -0.3 is 15.0 Å². The highest BCUT2D eigenvalue weighted by atomic mass is 16.6. The number of carbonyl (C=O) groups is 3. The largest absolute Gasteiger partial charge is 0.451 e. The van der Waals surface area contributed by atoms with Crippen LogP contribution in [0.2, 0.25) is 0 Å². The smallest absolute Gasteiger partial charge is 0.329 e. The van der Waals surface area contributed by atoms with Gasteiger partial charge in [0.25, 0.3) is 17.5 Å². The SMILES string of the molecule is C[C@H](NC(=O)c1cccc([N+](=O)[O-])c1)C(=O)O[C@@H](C)C(=O)N1CCCC1. The molecule has 140 valence electrons. The molecule has 1 aliphatic heterocycles. The molecule has 2 rings (SSSR count). The summed E-state index contributed by atoms with van der Waals surface area (Å²) in [6.45, 7) is 4.22. The predicted octanol–water partition coefficient (Wildman–Crippen LogP) is 1.27. The zero-order valence-electron chi connectivity index (χ0n) is 14.6. The number of amides is 2. The molecule has 1 N–H and O–H groups in total. The topological polar surface area (TPSA) is 119 Å². The number of nitrogens with zero attached hydrogens (tertiary/aromatic N) is 2. The molecule has 26 heavy (non-hydrogen) atoms. The van der Waals surface area contributed by atoms with Gasteiger partial charge in [-0.2, -0.15) is 0 Å². The van der Waals surface area contributed by atoms with Gasteiger partial charge in [-0.1, -0.05) is 6.07 Å².